The SMILES string of the molecule is CCn1c(=O)c2c(-c3ccc(OC(C)C)cc3)c(Nc3ccc(C)cc3C)oc2c2ccccc21. The van der Waals surface area contributed by atoms with Crippen molar-refractivity contribution < 1.29 is 9.15 Å². The van der Waals surface area contributed by atoms with Gasteiger partial charge in [0, 0.05) is 17.6 Å². The van der Waals surface area contributed by atoms with E-state index in [4.69, 9.17) is 9.15 Å². The summed E-state index contributed by atoms with van der Waals surface area (Å²) in [5.74, 6) is 1.34. The number of nitrogens with zero attached hydrogens (tertiary/aromatic N) is 1. The molecule has 0 bridgehead atoms. The van der Waals surface area contributed by atoms with E-state index in [2.05, 4.69) is 31.3 Å². The van der Waals surface area contributed by atoms with Crippen molar-refractivity contribution in [3.05, 3.63) is 88.2 Å². The molecule has 5 nitrogen and oxygen atoms in total. The first-order valence-electron chi connectivity index (χ1n) is 12.1. The molecule has 2 aromatic heterocycles. The van der Waals surface area contributed by atoms with Gasteiger partial charge in [0.25, 0.3) is 5.56 Å². The Labute approximate surface area is 205 Å². The molecule has 0 fully saturated rings. The van der Waals surface area contributed by atoms with E-state index in [0.717, 1.165) is 39.0 Å². The number of anilines is 2. The van der Waals surface area contributed by atoms with Crippen molar-refractivity contribution in [1.29, 1.82) is 0 Å². The number of fused-ring (bicyclic) bond motifs is 3. The minimum absolute atomic E-state index is 0.0591. The second-order valence-corrected chi connectivity index (χ2v) is 9.21. The van der Waals surface area contributed by atoms with Gasteiger partial charge in [-0.1, -0.05) is 42.0 Å². The fourth-order valence-corrected chi connectivity index (χ4v) is 4.70. The molecule has 0 amide bonds. The first-order chi connectivity index (χ1) is 16.9. The smallest absolute Gasteiger partial charge is 0.262 e. The monoisotopic (exact) mass is 466 g/mol. The lowest BCUT2D eigenvalue weighted by atomic mass is 10.0. The third-order valence-electron chi connectivity index (χ3n) is 6.27. The zero-order valence-corrected chi connectivity index (χ0v) is 20.8. The predicted octanol–water partition coefficient (Wildman–Crippen LogP) is 7.58. The number of benzene rings is 3. The Morgan fingerprint density at radius 3 is 2.43 bits per heavy atom. The van der Waals surface area contributed by atoms with Gasteiger partial charge in [-0.2, -0.15) is 0 Å². The highest BCUT2D eigenvalue weighted by Gasteiger charge is 2.23. The van der Waals surface area contributed by atoms with Crippen LogP contribution in [0.5, 0.6) is 5.75 Å². The molecule has 3 aromatic carbocycles. The maximum absolute atomic E-state index is 13.8. The standard InChI is InChI=1S/C30H30N2O3/c1-6-32-25-10-8-7-9-23(25)28-27(30(32)33)26(21-12-14-22(15-13-21)34-18(2)3)29(35-28)31-24-16-11-19(4)17-20(24)5/h7-18,31H,6H2,1-5H3. The van der Waals surface area contributed by atoms with E-state index < -0.39 is 0 Å². The normalized spacial score (nSPS) is 11.5. The highest BCUT2D eigenvalue weighted by Crippen LogP contribution is 2.41. The lowest BCUT2D eigenvalue weighted by Gasteiger charge is -2.12. The second-order valence-electron chi connectivity index (χ2n) is 9.21. The maximum atomic E-state index is 13.8. The van der Waals surface area contributed by atoms with Gasteiger partial charge in [-0.05, 0) is 76.1 Å². The molecule has 0 aliphatic rings. The molecular formula is C30H30N2O3. The fraction of sp³-hybridized carbons (Fsp3) is 0.233. The van der Waals surface area contributed by atoms with Gasteiger partial charge in [-0.25, -0.2) is 0 Å². The quantitative estimate of drug-likeness (QED) is 0.280. The number of hydrogen-bond donors (Lipinski definition) is 1. The van der Waals surface area contributed by atoms with Crippen LogP contribution in [-0.2, 0) is 6.54 Å². The minimum atomic E-state index is -0.0591. The van der Waals surface area contributed by atoms with Crippen molar-refractivity contribution in [3.8, 4) is 16.9 Å². The first kappa shape index (κ1) is 22.8. The highest BCUT2D eigenvalue weighted by atomic mass is 16.5. The van der Waals surface area contributed by atoms with E-state index in [-0.39, 0.29) is 11.7 Å². The number of hydrogen-bond acceptors (Lipinski definition) is 4. The van der Waals surface area contributed by atoms with Crippen molar-refractivity contribution in [2.75, 3.05) is 5.32 Å². The zero-order chi connectivity index (χ0) is 24.7. The summed E-state index contributed by atoms with van der Waals surface area (Å²) in [7, 11) is 0. The summed E-state index contributed by atoms with van der Waals surface area (Å²) < 4.78 is 14.1. The van der Waals surface area contributed by atoms with Crippen LogP contribution in [0.4, 0.5) is 11.6 Å². The number of nitrogens with one attached hydrogen (secondary N) is 1. The third kappa shape index (κ3) is 4.08. The van der Waals surface area contributed by atoms with Crippen LogP contribution < -0.4 is 15.6 Å². The molecule has 0 saturated heterocycles. The van der Waals surface area contributed by atoms with Gasteiger partial charge < -0.3 is 19.0 Å². The molecule has 0 aliphatic heterocycles. The van der Waals surface area contributed by atoms with Crippen molar-refractivity contribution in [1.82, 2.24) is 4.57 Å². The van der Waals surface area contributed by atoms with Crippen LogP contribution in [0.1, 0.15) is 31.9 Å². The lowest BCUT2D eigenvalue weighted by Crippen LogP contribution is -2.19. The van der Waals surface area contributed by atoms with Crippen LogP contribution in [0.15, 0.2) is 75.9 Å². The van der Waals surface area contributed by atoms with Gasteiger partial charge in [0.2, 0.25) is 5.88 Å². The Balaban J connectivity index is 1.80. The van der Waals surface area contributed by atoms with Crippen molar-refractivity contribution in [3.63, 3.8) is 0 Å². The van der Waals surface area contributed by atoms with Crippen LogP contribution in [-0.4, -0.2) is 10.7 Å². The number of furan rings is 1. The van der Waals surface area contributed by atoms with Gasteiger partial charge in [0.1, 0.15) is 5.75 Å². The summed E-state index contributed by atoms with van der Waals surface area (Å²) in [5, 5.41) is 4.98. The van der Waals surface area contributed by atoms with Crippen LogP contribution in [0.25, 0.3) is 33.0 Å². The van der Waals surface area contributed by atoms with Crippen LogP contribution in [0, 0.1) is 13.8 Å². The molecule has 5 rings (SSSR count). The number of pyridine rings is 1. The van der Waals surface area contributed by atoms with Gasteiger partial charge in [0.05, 0.1) is 22.6 Å². The van der Waals surface area contributed by atoms with E-state index >= 15 is 0 Å². The van der Waals surface area contributed by atoms with E-state index in [0.29, 0.717) is 23.4 Å². The summed E-state index contributed by atoms with van der Waals surface area (Å²) in [4.78, 5) is 13.8. The van der Waals surface area contributed by atoms with E-state index in [1.54, 1.807) is 0 Å². The van der Waals surface area contributed by atoms with E-state index in [1.165, 1.54) is 5.56 Å². The van der Waals surface area contributed by atoms with Crippen molar-refractivity contribution in [2.45, 2.75) is 47.3 Å². The molecule has 5 aromatic rings. The van der Waals surface area contributed by atoms with Crippen molar-refractivity contribution >= 4 is 33.4 Å². The summed E-state index contributed by atoms with van der Waals surface area (Å²) in [6.07, 6.45) is 0.0838. The lowest BCUT2D eigenvalue weighted by molar-refractivity contribution is 0.242. The van der Waals surface area contributed by atoms with Crippen LogP contribution in [0.3, 0.4) is 0 Å². The zero-order valence-electron chi connectivity index (χ0n) is 20.8. The molecule has 0 aliphatic carbocycles. The van der Waals surface area contributed by atoms with Gasteiger partial charge >= 0.3 is 0 Å². The van der Waals surface area contributed by atoms with E-state index in [1.807, 2.05) is 79.9 Å². The summed E-state index contributed by atoms with van der Waals surface area (Å²) in [6, 6.07) is 22.0. The molecule has 178 valence electrons. The number of aryl methyl sites for hydroxylation is 3. The molecule has 1 N–H and O–H groups in total. The van der Waals surface area contributed by atoms with Crippen LogP contribution in [0.2, 0.25) is 0 Å². The summed E-state index contributed by atoms with van der Waals surface area (Å²) >= 11 is 0. The molecule has 0 atom stereocenters. The molecular weight excluding hydrogens is 436 g/mol. The molecule has 0 radical (unpaired) electrons. The minimum Gasteiger partial charge on any atom is -0.491 e. The van der Waals surface area contributed by atoms with Gasteiger partial charge in [-0.15, -0.1) is 0 Å². The van der Waals surface area contributed by atoms with Crippen LogP contribution >= 0.6 is 0 Å². The molecule has 35 heavy (non-hydrogen) atoms. The summed E-state index contributed by atoms with van der Waals surface area (Å²) in [6.45, 7) is 10.7. The predicted molar refractivity (Wildman–Crippen MR) is 144 cm³/mol. The first-order valence-corrected chi connectivity index (χ1v) is 12.1. The topological polar surface area (TPSA) is 56.4 Å². The Morgan fingerprint density at radius 2 is 1.74 bits per heavy atom. The molecule has 0 unspecified atom stereocenters. The Hall–Kier alpha value is -3.99. The number of rotatable bonds is 6. The Kier molecular flexibility index (Phi) is 5.85. The number of aromatic nitrogens is 1. The molecule has 0 saturated carbocycles. The average molecular weight is 467 g/mol. The van der Waals surface area contributed by atoms with E-state index in [9.17, 15) is 4.79 Å². The Morgan fingerprint density at radius 1 is 1.00 bits per heavy atom. The average Bonchev–Trinajstić information content (AvgIpc) is 3.21. The van der Waals surface area contributed by atoms with Gasteiger partial charge in [0.15, 0.2) is 5.58 Å². The molecule has 0 spiro atoms. The largest absolute Gasteiger partial charge is 0.491 e. The molecule has 5 heteroatoms. The maximum Gasteiger partial charge on any atom is 0.262 e. The third-order valence-corrected chi connectivity index (χ3v) is 6.27. The second kappa shape index (κ2) is 8.99. The van der Waals surface area contributed by atoms with Gasteiger partial charge in [-0.3, -0.25) is 4.79 Å². The number of ether oxygens (including phenoxy) is 1. The molecule has 2 heterocycles. The Bertz CT molecular complexity index is 1590. The fourth-order valence-electron chi connectivity index (χ4n) is 4.70. The highest BCUT2D eigenvalue weighted by molar-refractivity contribution is 6.11. The summed E-state index contributed by atoms with van der Waals surface area (Å²) in [5.41, 5.74) is 6.29. The van der Waals surface area contributed by atoms with Crippen molar-refractivity contribution in [2.24, 2.45) is 0 Å². The number of para-hydroxylation sites is 1.